The molecule has 6 aromatic rings. The second-order valence-corrected chi connectivity index (χ2v) is 18.0. The van der Waals surface area contributed by atoms with Crippen LogP contribution in [0.1, 0.15) is 91.0 Å². The fourth-order valence-corrected chi connectivity index (χ4v) is 8.07. The van der Waals surface area contributed by atoms with Crippen LogP contribution in [-0.4, -0.2) is 20.7 Å². The first-order chi connectivity index (χ1) is 24.1. The molecule has 0 radical (unpaired) electrons. The number of pyridine rings is 1. The first-order valence-corrected chi connectivity index (χ1v) is 19.2. The Morgan fingerprint density at radius 2 is 1.25 bits per heavy atom. The van der Waals surface area contributed by atoms with Crippen LogP contribution in [0, 0.1) is 3.80 Å². The second-order valence-electron chi connectivity index (χ2n) is 17.0. The van der Waals surface area contributed by atoms with Crippen LogP contribution in [0.25, 0.3) is 22.4 Å². The van der Waals surface area contributed by atoms with Crippen molar-refractivity contribution in [2.24, 2.45) is 0 Å². The molecule has 0 bridgehead atoms. The minimum absolute atomic E-state index is 0.0517. The van der Waals surface area contributed by atoms with Crippen molar-refractivity contribution in [3.63, 3.8) is 0 Å². The SMILES string of the molecule is CC(C)(C)c1ccc(-n2[c](=[Pt])n(-c3cc(Oc4ccc5c(c4)N(c4cc(C(C)(C)C)ccn4)CCC5)cc(C(C)(C)C)c3)c3ccccc32)cc1. The number of aromatic nitrogens is 3. The maximum absolute atomic E-state index is 6.82. The predicted molar refractivity (Wildman–Crippen MR) is 208 cm³/mol. The van der Waals surface area contributed by atoms with Gasteiger partial charge in [-0.15, -0.1) is 0 Å². The molecule has 1 aliphatic heterocycles. The predicted octanol–water partition coefficient (Wildman–Crippen LogP) is 11.7. The summed E-state index contributed by atoms with van der Waals surface area (Å²) < 4.78 is 12.6. The molecule has 0 saturated heterocycles. The Bertz CT molecular complexity index is 2290. The van der Waals surface area contributed by atoms with E-state index in [1.807, 2.05) is 6.20 Å². The number of imidazole rings is 1. The number of benzene rings is 4. The van der Waals surface area contributed by atoms with Gasteiger partial charge in [0, 0.05) is 6.20 Å². The van der Waals surface area contributed by atoms with E-state index in [1.54, 1.807) is 0 Å². The van der Waals surface area contributed by atoms with Gasteiger partial charge in [-0.2, -0.15) is 0 Å². The molecular weight excluding hydrogens is 808 g/mol. The Balaban J connectivity index is 1.31. The van der Waals surface area contributed by atoms with E-state index in [9.17, 15) is 0 Å². The van der Waals surface area contributed by atoms with Gasteiger partial charge in [0.1, 0.15) is 0 Å². The zero-order valence-corrected chi connectivity index (χ0v) is 33.7. The molecule has 4 aromatic carbocycles. The van der Waals surface area contributed by atoms with Gasteiger partial charge >= 0.3 is 272 Å². The Hall–Kier alpha value is -4.21. The number of nitrogens with zero attached hydrogens (tertiary/aromatic N) is 4. The van der Waals surface area contributed by atoms with Crippen molar-refractivity contribution in [2.75, 3.05) is 11.4 Å². The number of aryl methyl sites for hydroxylation is 1. The van der Waals surface area contributed by atoms with Crippen molar-refractivity contribution in [1.29, 1.82) is 0 Å². The van der Waals surface area contributed by atoms with E-state index in [2.05, 4.69) is 193 Å². The molecule has 0 atom stereocenters. The standard InChI is InChI=1S/C45H50N4O.Pt/c1-43(2,3)32-17-19-35(20-18-32)48-30-49(40-15-11-10-14-39(40)48)36-25-34(45(7,8)9)26-38(28-36)50-37-21-16-31-13-12-24-47(41(31)29-37)42-27-33(22-23-46-42)44(4,5)6;/h10-11,14-23,25-29H,12-13,24H2,1-9H3;. The summed E-state index contributed by atoms with van der Waals surface area (Å²) >= 11 is 2.48. The summed E-state index contributed by atoms with van der Waals surface area (Å²) in [4.78, 5) is 7.18. The van der Waals surface area contributed by atoms with Crippen LogP contribution in [0.3, 0.4) is 0 Å². The Labute approximate surface area is 314 Å². The van der Waals surface area contributed by atoms with E-state index < -0.39 is 0 Å². The van der Waals surface area contributed by atoms with Crippen molar-refractivity contribution in [1.82, 2.24) is 14.1 Å². The molecule has 0 saturated carbocycles. The van der Waals surface area contributed by atoms with Crippen molar-refractivity contribution in [3.05, 3.63) is 129 Å². The van der Waals surface area contributed by atoms with Crippen molar-refractivity contribution >= 4 is 22.5 Å². The maximum atomic E-state index is 6.82. The van der Waals surface area contributed by atoms with Crippen molar-refractivity contribution < 1.29 is 24.1 Å². The molecule has 0 N–H and O–H groups in total. The molecule has 0 amide bonds. The van der Waals surface area contributed by atoms with Gasteiger partial charge < -0.3 is 0 Å². The van der Waals surface area contributed by atoms with Gasteiger partial charge in [0.25, 0.3) is 0 Å². The van der Waals surface area contributed by atoms with Crippen molar-refractivity contribution in [3.8, 4) is 22.9 Å². The Morgan fingerprint density at radius 3 is 1.90 bits per heavy atom. The summed E-state index contributed by atoms with van der Waals surface area (Å²) in [7, 11) is 0. The Morgan fingerprint density at radius 1 is 0.608 bits per heavy atom. The summed E-state index contributed by atoms with van der Waals surface area (Å²) in [5.41, 5.74) is 10.9. The monoisotopic (exact) mass is 857 g/mol. The number of rotatable bonds is 5. The van der Waals surface area contributed by atoms with Gasteiger partial charge in [-0.1, -0.05) is 20.8 Å². The van der Waals surface area contributed by atoms with Crippen LogP contribution in [-0.2, 0) is 42.0 Å². The van der Waals surface area contributed by atoms with Crippen LogP contribution >= 0.6 is 0 Å². The molecule has 0 spiro atoms. The van der Waals surface area contributed by atoms with Crippen LogP contribution in [0.4, 0.5) is 11.5 Å². The number of hydrogen-bond acceptors (Lipinski definition) is 3. The van der Waals surface area contributed by atoms with E-state index in [0.29, 0.717) is 0 Å². The van der Waals surface area contributed by atoms with E-state index in [4.69, 9.17) is 9.72 Å². The van der Waals surface area contributed by atoms with Crippen molar-refractivity contribution in [2.45, 2.75) is 91.4 Å². The normalized spacial score (nSPS) is 13.8. The fourth-order valence-electron chi connectivity index (χ4n) is 6.94. The number of fused-ring (bicyclic) bond motifs is 2. The zero-order valence-electron chi connectivity index (χ0n) is 31.4. The minimum atomic E-state index is -0.0855. The van der Waals surface area contributed by atoms with Gasteiger partial charge in [-0.3, -0.25) is 0 Å². The third-order valence-electron chi connectivity index (χ3n) is 10.0. The summed E-state index contributed by atoms with van der Waals surface area (Å²) in [6, 6.07) is 35.3. The molecule has 2 aromatic heterocycles. The number of para-hydroxylation sites is 2. The van der Waals surface area contributed by atoms with Crippen LogP contribution in [0.15, 0.2) is 103 Å². The molecule has 0 unspecified atom stereocenters. The Kier molecular flexibility index (Phi) is 9.03. The molecule has 3 heterocycles. The molecule has 1 aliphatic rings. The first-order valence-electron chi connectivity index (χ1n) is 18.1. The summed E-state index contributed by atoms with van der Waals surface area (Å²) in [5.74, 6) is 2.64. The molecule has 5 nitrogen and oxygen atoms in total. The van der Waals surface area contributed by atoms with Gasteiger partial charge in [0.15, 0.2) is 0 Å². The van der Waals surface area contributed by atoms with Crippen LogP contribution in [0.5, 0.6) is 11.5 Å². The topological polar surface area (TPSA) is 35.2 Å². The first kappa shape index (κ1) is 35.2. The van der Waals surface area contributed by atoms with Gasteiger partial charge in [-0.25, -0.2) is 0 Å². The number of hydrogen-bond donors (Lipinski definition) is 0. The molecule has 266 valence electrons. The van der Waals surface area contributed by atoms with Crippen LogP contribution < -0.4 is 9.64 Å². The van der Waals surface area contributed by atoms with Gasteiger partial charge in [0.2, 0.25) is 0 Å². The number of ether oxygens (including phenoxy) is 1. The molecular formula is C45H50N4OPt. The van der Waals surface area contributed by atoms with Crippen LogP contribution in [0.2, 0.25) is 0 Å². The second kappa shape index (κ2) is 13.1. The molecule has 0 aliphatic carbocycles. The molecule has 7 rings (SSSR count). The number of anilines is 2. The third kappa shape index (κ3) is 7.03. The zero-order chi connectivity index (χ0) is 36.3. The van der Waals surface area contributed by atoms with E-state index in [-0.39, 0.29) is 16.2 Å². The quantitative estimate of drug-likeness (QED) is 0.173. The summed E-state index contributed by atoms with van der Waals surface area (Å²) in [6.45, 7) is 21.3. The average Bonchev–Trinajstić information content (AvgIpc) is 3.38. The van der Waals surface area contributed by atoms with Gasteiger partial charge in [0.05, 0.1) is 0 Å². The summed E-state index contributed by atoms with van der Waals surface area (Å²) in [5, 5.41) is 0. The summed E-state index contributed by atoms with van der Waals surface area (Å²) in [6.07, 6.45) is 4.09. The van der Waals surface area contributed by atoms with E-state index in [0.717, 1.165) is 62.9 Å². The molecule has 0 fully saturated rings. The average molecular weight is 858 g/mol. The van der Waals surface area contributed by atoms with E-state index >= 15 is 0 Å². The molecule has 51 heavy (non-hydrogen) atoms. The van der Waals surface area contributed by atoms with Gasteiger partial charge in [-0.05, 0) is 17.0 Å². The van der Waals surface area contributed by atoms with E-state index in [1.165, 1.54) is 27.9 Å². The molecule has 6 heteroatoms. The third-order valence-corrected chi connectivity index (χ3v) is 11.0. The fraction of sp³-hybridized carbons (Fsp3) is 0.333.